The largest absolute Gasteiger partial charge is 0.450 e. The summed E-state index contributed by atoms with van der Waals surface area (Å²) in [5.41, 5.74) is 1.44. The topological polar surface area (TPSA) is 131 Å². The van der Waals surface area contributed by atoms with E-state index >= 15 is 0 Å². The number of hydrogen-bond donors (Lipinski definition) is 2. The van der Waals surface area contributed by atoms with E-state index in [0.29, 0.717) is 12.0 Å². The molecule has 1 aliphatic heterocycles. The number of ether oxygens (including phenoxy) is 2. The van der Waals surface area contributed by atoms with E-state index in [1.54, 1.807) is 31.2 Å². The predicted molar refractivity (Wildman–Crippen MR) is 164 cm³/mol. The van der Waals surface area contributed by atoms with E-state index in [-0.39, 0.29) is 40.8 Å². The van der Waals surface area contributed by atoms with Crippen LogP contribution >= 0.6 is 11.8 Å². The first-order valence-corrected chi connectivity index (χ1v) is 14.9. The fourth-order valence-electron chi connectivity index (χ4n) is 4.83. The third kappa shape index (κ3) is 9.18. The zero-order valence-corrected chi connectivity index (χ0v) is 26.0. The molecule has 11 heteroatoms. The highest BCUT2D eigenvalue weighted by molar-refractivity contribution is 8.00. The van der Waals surface area contributed by atoms with Gasteiger partial charge in [0.2, 0.25) is 12.0 Å². The normalized spacial score (nSPS) is 17.1. The molecule has 0 radical (unpaired) electrons. The predicted octanol–water partition coefficient (Wildman–Crippen LogP) is 3.57. The van der Waals surface area contributed by atoms with Gasteiger partial charge >= 0.3 is 11.9 Å². The van der Waals surface area contributed by atoms with Crippen LogP contribution in [0.5, 0.6) is 5.75 Å². The summed E-state index contributed by atoms with van der Waals surface area (Å²) in [6.45, 7) is 12.0. The SMILES string of the molecule is C=CCNC(=O)C1CC(C)(C)SCN1C(=O)[C@@H](OC(C)=O)C(Cc1ccccc1)NC(=O)c1cccc(OC(C)=O)c1C. The summed E-state index contributed by atoms with van der Waals surface area (Å²) in [7, 11) is 0. The van der Waals surface area contributed by atoms with Crippen LogP contribution in [-0.2, 0) is 30.3 Å². The van der Waals surface area contributed by atoms with Crippen LogP contribution in [-0.4, -0.2) is 69.9 Å². The van der Waals surface area contributed by atoms with E-state index < -0.39 is 41.9 Å². The molecular formula is C32H39N3O7S. The molecule has 0 aromatic heterocycles. The Bertz CT molecular complexity index is 1360. The summed E-state index contributed by atoms with van der Waals surface area (Å²) in [5, 5.41) is 5.68. The smallest absolute Gasteiger partial charge is 0.308 e. The van der Waals surface area contributed by atoms with Crippen molar-refractivity contribution in [2.75, 3.05) is 12.4 Å². The Balaban J connectivity index is 2.02. The average molecular weight is 610 g/mol. The van der Waals surface area contributed by atoms with Crippen molar-refractivity contribution in [3.63, 3.8) is 0 Å². The minimum atomic E-state index is -1.44. The van der Waals surface area contributed by atoms with Crippen molar-refractivity contribution < 1.29 is 33.4 Å². The van der Waals surface area contributed by atoms with E-state index in [0.717, 1.165) is 5.56 Å². The van der Waals surface area contributed by atoms with E-state index in [4.69, 9.17) is 9.47 Å². The summed E-state index contributed by atoms with van der Waals surface area (Å²) in [5.74, 6) is -2.31. The van der Waals surface area contributed by atoms with Gasteiger partial charge in [-0.3, -0.25) is 24.0 Å². The summed E-state index contributed by atoms with van der Waals surface area (Å²) in [6, 6.07) is 12.1. The van der Waals surface area contributed by atoms with Gasteiger partial charge in [0.25, 0.3) is 11.8 Å². The Hall–Kier alpha value is -4.12. The standard InChI is InChI=1S/C32H39N3O7S/c1-7-16-33-30(39)26-18-32(5,6)43-19-35(26)31(40)28(42-22(4)37)25(17-23-12-9-8-10-13-23)34-29(38)24-14-11-15-27(20(24)2)41-21(3)36/h7-15,25-26,28H,1,16-19H2,2-6H3,(H,33,39)(H,34,38)/t25?,26?,28-/m0/s1. The number of carbonyl (C=O) groups excluding carboxylic acids is 5. The molecule has 0 spiro atoms. The first-order valence-electron chi connectivity index (χ1n) is 14.0. The van der Waals surface area contributed by atoms with Crippen molar-refractivity contribution in [3.05, 3.63) is 77.9 Å². The van der Waals surface area contributed by atoms with E-state index in [2.05, 4.69) is 17.2 Å². The highest BCUT2D eigenvalue weighted by atomic mass is 32.2. The summed E-state index contributed by atoms with van der Waals surface area (Å²) < 4.78 is 10.6. The maximum Gasteiger partial charge on any atom is 0.308 e. The number of thioether (sulfide) groups is 1. The van der Waals surface area contributed by atoms with Gasteiger partial charge in [-0.15, -0.1) is 18.3 Å². The first-order chi connectivity index (χ1) is 20.3. The number of hydrogen-bond acceptors (Lipinski definition) is 8. The number of amides is 3. The van der Waals surface area contributed by atoms with Crippen molar-refractivity contribution in [3.8, 4) is 5.75 Å². The summed E-state index contributed by atoms with van der Waals surface area (Å²) >= 11 is 1.51. The monoisotopic (exact) mass is 609 g/mol. The average Bonchev–Trinajstić information content (AvgIpc) is 2.94. The molecule has 230 valence electrons. The Morgan fingerprint density at radius 2 is 1.77 bits per heavy atom. The van der Waals surface area contributed by atoms with Gasteiger partial charge in [-0.25, -0.2) is 0 Å². The van der Waals surface area contributed by atoms with Crippen LogP contribution in [0.2, 0.25) is 0 Å². The second-order valence-corrected chi connectivity index (χ2v) is 12.6. The van der Waals surface area contributed by atoms with E-state index in [1.165, 1.54) is 30.5 Å². The van der Waals surface area contributed by atoms with Crippen LogP contribution in [0.25, 0.3) is 0 Å². The van der Waals surface area contributed by atoms with Crippen LogP contribution in [0.4, 0.5) is 0 Å². The van der Waals surface area contributed by atoms with Gasteiger partial charge in [0, 0.05) is 36.3 Å². The lowest BCUT2D eigenvalue weighted by atomic mass is 9.96. The van der Waals surface area contributed by atoms with Gasteiger partial charge in [-0.1, -0.05) is 56.3 Å². The third-order valence-electron chi connectivity index (χ3n) is 6.96. The summed E-state index contributed by atoms with van der Waals surface area (Å²) in [4.78, 5) is 66.5. The molecule has 43 heavy (non-hydrogen) atoms. The lowest BCUT2D eigenvalue weighted by Gasteiger charge is -2.43. The van der Waals surface area contributed by atoms with Gasteiger partial charge in [-0.2, -0.15) is 0 Å². The van der Waals surface area contributed by atoms with Crippen molar-refractivity contribution in [1.29, 1.82) is 0 Å². The zero-order valence-electron chi connectivity index (χ0n) is 25.2. The molecule has 1 heterocycles. The Kier molecular flexibility index (Phi) is 11.5. The number of nitrogens with zero attached hydrogens (tertiary/aromatic N) is 1. The van der Waals surface area contributed by atoms with Crippen LogP contribution in [0, 0.1) is 6.92 Å². The molecular weight excluding hydrogens is 570 g/mol. The van der Waals surface area contributed by atoms with E-state index in [1.807, 2.05) is 44.2 Å². The van der Waals surface area contributed by atoms with Crippen LogP contribution in [0.3, 0.4) is 0 Å². The number of rotatable bonds is 11. The Morgan fingerprint density at radius 1 is 1.07 bits per heavy atom. The molecule has 2 aromatic carbocycles. The molecule has 0 aliphatic carbocycles. The molecule has 10 nitrogen and oxygen atoms in total. The van der Waals surface area contributed by atoms with Crippen LogP contribution < -0.4 is 15.4 Å². The van der Waals surface area contributed by atoms with Gasteiger partial charge in [0.15, 0.2) is 0 Å². The van der Waals surface area contributed by atoms with Crippen molar-refractivity contribution in [2.45, 2.75) is 70.4 Å². The third-order valence-corrected chi connectivity index (χ3v) is 8.32. The van der Waals surface area contributed by atoms with Crippen LogP contribution in [0.15, 0.2) is 61.2 Å². The number of nitrogens with one attached hydrogen (secondary N) is 2. The fraction of sp³-hybridized carbons (Fsp3) is 0.406. The molecule has 3 atom stereocenters. The molecule has 2 aromatic rings. The highest BCUT2D eigenvalue weighted by Crippen LogP contribution is 2.37. The minimum Gasteiger partial charge on any atom is -0.450 e. The first kappa shape index (κ1) is 33.4. The van der Waals surface area contributed by atoms with Gasteiger partial charge < -0.3 is 25.0 Å². The number of carbonyl (C=O) groups is 5. The Labute approximate surface area is 256 Å². The van der Waals surface area contributed by atoms with Crippen molar-refractivity contribution in [2.24, 2.45) is 0 Å². The lowest BCUT2D eigenvalue weighted by Crippen LogP contribution is -2.61. The van der Waals surface area contributed by atoms with Gasteiger partial charge in [0.05, 0.1) is 11.9 Å². The molecule has 2 unspecified atom stereocenters. The maximum atomic E-state index is 14.3. The number of benzene rings is 2. The van der Waals surface area contributed by atoms with Crippen LogP contribution in [0.1, 0.15) is 55.6 Å². The molecule has 0 bridgehead atoms. The molecule has 1 fully saturated rings. The molecule has 0 saturated carbocycles. The summed E-state index contributed by atoms with van der Waals surface area (Å²) in [6.07, 6.45) is 0.642. The molecule has 3 rings (SSSR count). The number of esters is 2. The zero-order chi connectivity index (χ0) is 31.7. The highest BCUT2D eigenvalue weighted by Gasteiger charge is 2.45. The minimum absolute atomic E-state index is 0.152. The lowest BCUT2D eigenvalue weighted by molar-refractivity contribution is -0.162. The maximum absolute atomic E-state index is 14.3. The van der Waals surface area contributed by atoms with Crippen molar-refractivity contribution >= 4 is 41.4 Å². The molecule has 1 aliphatic rings. The second kappa shape index (κ2) is 14.9. The molecule has 1 saturated heterocycles. The fourth-order valence-corrected chi connectivity index (χ4v) is 5.90. The van der Waals surface area contributed by atoms with Gasteiger partial charge in [-0.05, 0) is 37.5 Å². The Morgan fingerprint density at radius 3 is 2.40 bits per heavy atom. The van der Waals surface area contributed by atoms with Gasteiger partial charge in [0.1, 0.15) is 11.8 Å². The quantitative estimate of drug-likeness (QED) is 0.225. The van der Waals surface area contributed by atoms with E-state index in [9.17, 15) is 24.0 Å². The second-order valence-electron chi connectivity index (χ2n) is 10.9. The molecule has 2 N–H and O–H groups in total. The van der Waals surface area contributed by atoms with Crippen molar-refractivity contribution in [1.82, 2.24) is 15.5 Å². The molecule has 3 amide bonds.